The second kappa shape index (κ2) is 8.13. The van der Waals surface area contributed by atoms with Crippen LogP contribution in [0.15, 0.2) is 60.8 Å². The zero-order chi connectivity index (χ0) is 18.5. The van der Waals surface area contributed by atoms with Gasteiger partial charge in [0.05, 0.1) is 0 Å². The molecule has 2 amide bonds. The van der Waals surface area contributed by atoms with Gasteiger partial charge >= 0.3 is 6.03 Å². The van der Waals surface area contributed by atoms with Crippen molar-refractivity contribution in [3.63, 3.8) is 0 Å². The summed E-state index contributed by atoms with van der Waals surface area (Å²) in [5.74, 6) is 1.43. The Bertz CT molecular complexity index is 912. The van der Waals surface area contributed by atoms with Crippen LogP contribution in [0, 0.1) is 3.57 Å². The fraction of sp³-hybridized carbons (Fsp3) is 0.105. The van der Waals surface area contributed by atoms with Crippen molar-refractivity contribution in [1.29, 1.82) is 0 Å². The van der Waals surface area contributed by atoms with Crippen LogP contribution in [0.1, 0.15) is 0 Å². The molecule has 0 unspecified atom stereocenters. The van der Waals surface area contributed by atoms with E-state index in [1.165, 1.54) is 0 Å². The first-order valence-corrected chi connectivity index (χ1v) is 9.03. The minimum absolute atomic E-state index is 0.300. The minimum Gasteiger partial charge on any atom is -0.363 e. The maximum absolute atomic E-state index is 12.2. The van der Waals surface area contributed by atoms with Crippen molar-refractivity contribution < 1.29 is 4.79 Å². The molecule has 0 atom stereocenters. The quantitative estimate of drug-likeness (QED) is 0.566. The summed E-state index contributed by atoms with van der Waals surface area (Å²) in [4.78, 5) is 23.0. The Kier molecular flexibility index (Phi) is 5.67. The molecule has 0 fully saturated rings. The Hall–Kier alpha value is -2.68. The summed E-state index contributed by atoms with van der Waals surface area (Å²) in [6.45, 7) is 0. The molecule has 0 spiro atoms. The van der Waals surface area contributed by atoms with E-state index in [0.29, 0.717) is 11.5 Å². The Morgan fingerprint density at radius 3 is 2.46 bits per heavy atom. The van der Waals surface area contributed by atoms with Gasteiger partial charge in [0.25, 0.3) is 0 Å². The van der Waals surface area contributed by atoms with E-state index in [1.54, 1.807) is 6.20 Å². The van der Waals surface area contributed by atoms with Crippen LogP contribution in [0.2, 0.25) is 0 Å². The van der Waals surface area contributed by atoms with Gasteiger partial charge < -0.3 is 15.5 Å². The number of halogens is 1. The second-order valence-electron chi connectivity index (χ2n) is 5.80. The molecule has 132 valence electrons. The van der Waals surface area contributed by atoms with Crippen molar-refractivity contribution in [2.45, 2.75) is 0 Å². The maximum Gasteiger partial charge on any atom is 0.323 e. The van der Waals surface area contributed by atoms with E-state index in [1.807, 2.05) is 73.6 Å². The predicted octanol–water partition coefficient (Wildman–Crippen LogP) is 4.46. The van der Waals surface area contributed by atoms with Gasteiger partial charge in [-0.25, -0.2) is 14.8 Å². The smallest absolute Gasteiger partial charge is 0.323 e. The lowest BCUT2D eigenvalue weighted by atomic mass is 10.2. The van der Waals surface area contributed by atoms with Gasteiger partial charge in [-0.3, -0.25) is 0 Å². The van der Waals surface area contributed by atoms with Crippen molar-refractivity contribution >= 4 is 45.8 Å². The lowest BCUT2D eigenvalue weighted by molar-refractivity contribution is 0.262. The number of carbonyl (C=O) groups excluding carboxylic acids is 1. The fourth-order valence-electron chi connectivity index (χ4n) is 2.30. The Morgan fingerprint density at radius 1 is 1.00 bits per heavy atom. The fourth-order valence-corrected chi connectivity index (χ4v) is 2.66. The average Bonchev–Trinajstić information content (AvgIpc) is 2.64. The molecule has 0 aliphatic heterocycles. The van der Waals surface area contributed by atoms with Crippen molar-refractivity contribution in [1.82, 2.24) is 9.97 Å². The largest absolute Gasteiger partial charge is 0.363 e. The molecule has 3 aromatic rings. The summed E-state index contributed by atoms with van der Waals surface area (Å²) in [6.07, 6.45) is 1.72. The molecule has 2 N–H and O–H groups in total. The third-order valence-electron chi connectivity index (χ3n) is 3.58. The van der Waals surface area contributed by atoms with Crippen LogP contribution in [0.25, 0.3) is 11.4 Å². The lowest BCUT2D eigenvalue weighted by Gasteiger charge is -2.12. The number of hydrogen-bond donors (Lipinski definition) is 2. The standard InChI is InChI=1S/C19H18IN5O/c1-25(2)17-10-11-21-18(24-17)13-4-3-5-16(12-13)23-19(26)22-15-8-6-14(20)7-9-15/h3-12H,1-2H3,(H2,22,23,26). The first-order valence-electron chi connectivity index (χ1n) is 7.95. The molecule has 7 heteroatoms. The monoisotopic (exact) mass is 459 g/mol. The third kappa shape index (κ3) is 4.69. The van der Waals surface area contributed by atoms with Crippen LogP contribution < -0.4 is 15.5 Å². The highest BCUT2D eigenvalue weighted by Crippen LogP contribution is 2.21. The van der Waals surface area contributed by atoms with Gasteiger partial charge in [-0.05, 0) is 65.1 Å². The summed E-state index contributed by atoms with van der Waals surface area (Å²) in [5.41, 5.74) is 2.24. The molecular formula is C19H18IN5O. The number of hydrogen-bond acceptors (Lipinski definition) is 4. The van der Waals surface area contributed by atoms with Gasteiger partial charge in [0, 0.05) is 40.8 Å². The molecule has 0 saturated heterocycles. The number of urea groups is 1. The molecule has 6 nitrogen and oxygen atoms in total. The maximum atomic E-state index is 12.2. The number of amides is 2. The van der Waals surface area contributed by atoms with Crippen molar-refractivity contribution in [3.8, 4) is 11.4 Å². The van der Waals surface area contributed by atoms with Crippen LogP contribution in [-0.2, 0) is 0 Å². The van der Waals surface area contributed by atoms with Crippen LogP contribution >= 0.6 is 22.6 Å². The number of benzene rings is 2. The predicted molar refractivity (Wildman–Crippen MR) is 114 cm³/mol. The molecule has 2 aromatic carbocycles. The third-order valence-corrected chi connectivity index (χ3v) is 4.30. The van der Waals surface area contributed by atoms with E-state index in [2.05, 4.69) is 43.2 Å². The van der Waals surface area contributed by atoms with Crippen LogP contribution in [-0.4, -0.2) is 30.1 Å². The Morgan fingerprint density at radius 2 is 1.73 bits per heavy atom. The normalized spacial score (nSPS) is 10.3. The molecule has 0 radical (unpaired) electrons. The summed E-state index contributed by atoms with van der Waals surface area (Å²) >= 11 is 2.22. The average molecular weight is 459 g/mol. The summed E-state index contributed by atoms with van der Waals surface area (Å²) < 4.78 is 1.11. The number of nitrogens with zero attached hydrogens (tertiary/aromatic N) is 3. The molecule has 1 heterocycles. The lowest BCUT2D eigenvalue weighted by Crippen LogP contribution is -2.19. The van der Waals surface area contributed by atoms with Gasteiger partial charge in [0.2, 0.25) is 0 Å². The SMILES string of the molecule is CN(C)c1ccnc(-c2cccc(NC(=O)Nc3ccc(I)cc3)c2)n1. The number of carbonyl (C=O) groups is 1. The van der Waals surface area contributed by atoms with E-state index in [0.717, 1.165) is 20.6 Å². The zero-order valence-corrected chi connectivity index (χ0v) is 16.6. The number of aromatic nitrogens is 2. The van der Waals surface area contributed by atoms with Gasteiger partial charge in [-0.1, -0.05) is 12.1 Å². The molecule has 0 aliphatic carbocycles. The molecule has 26 heavy (non-hydrogen) atoms. The van der Waals surface area contributed by atoms with E-state index in [9.17, 15) is 4.79 Å². The van der Waals surface area contributed by atoms with Crippen LogP contribution in [0.3, 0.4) is 0 Å². The van der Waals surface area contributed by atoms with Gasteiger partial charge in [0.1, 0.15) is 5.82 Å². The molecule has 3 rings (SSSR count). The Labute approximate surface area is 165 Å². The first-order chi connectivity index (χ1) is 12.5. The van der Waals surface area contributed by atoms with E-state index in [-0.39, 0.29) is 6.03 Å². The topological polar surface area (TPSA) is 70.2 Å². The van der Waals surface area contributed by atoms with Crippen molar-refractivity contribution in [2.24, 2.45) is 0 Å². The van der Waals surface area contributed by atoms with E-state index in [4.69, 9.17) is 0 Å². The molecule has 0 aliphatic rings. The second-order valence-corrected chi connectivity index (χ2v) is 7.05. The van der Waals surface area contributed by atoms with Crippen molar-refractivity contribution in [2.75, 3.05) is 29.6 Å². The van der Waals surface area contributed by atoms with Crippen LogP contribution in [0.4, 0.5) is 22.0 Å². The molecular weight excluding hydrogens is 441 g/mol. The summed E-state index contributed by atoms with van der Waals surface area (Å²) in [7, 11) is 3.86. The number of anilines is 3. The Balaban J connectivity index is 1.74. The number of nitrogens with one attached hydrogen (secondary N) is 2. The minimum atomic E-state index is -0.300. The van der Waals surface area contributed by atoms with E-state index < -0.39 is 0 Å². The highest BCUT2D eigenvalue weighted by atomic mass is 127. The highest BCUT2D eigenvalue weighted by molar-refractivity contribution is 14.1. The summed E-state index contributed by atoms with van der Waals surface area (Å²) in [5, 5.41) is 5.64. The molecule has 0 saturated carbocycles. The van der Waals surface area contributed by atoms with E-state index >= 15 is 0 Å². The van der Waals surface area contributed by atoms with Gasteiger partial charge in [-0.2, -0.15) is 0 Å². The first kappa shape index (κ1) is 18.1. The zero-order valence-electron chi connectivity index (χ0n) is 14.4. The highest BCUT2D eigenvalue weighted by Gasteiger charge is 2.07. The summed E-state index contributed by atoms with van der Waals surface area (Å²) in [6, 6.07) is 16.6. The molecule has 0 bridgehead atoms. The van der Waals surface area contributed by atoms with Gasteiger partial charge in [0.15, 0.2) is 5.82 Å². The van der Waals surface area contributed by atoms with Gasteiger partial charge in [-0.15, -0.1) is 0 Å². The van der Waals surface area contributed by atoms with Crippen LogP contribution in [0.5, 0.6) is 0 Å². The van der Waals surface area contributed by atoms with Crippen molar-refractivity contribution in [3.05, 3.63) is 64.4 Å². The number of rotatable bonds is 4. The molecule has 1 aromatic heterocycles.